The van der Waals surface area contributed by atoms with Crippen molar-refractivity contribution in [2.24, 2.45) is 0 Å². The second kappa shape index (κ2) is 8.06. The highest BCUT2D eigenvalue weighted by Crippen LogP contribution is 2.19. The summed E-state index contributed by atoms with van der Waals surface area (Å²) in [4.78, 5) is 12.3. The van der Waals surface area contributed by atoms with Gasteiger partial charge in [-0.25, -0.2) is 0 Å². The van der Waals surface area contributed by atoms with Gasteiger partial charge in [0.05, 0.1) is 11.8 Å². The first-order valence-corrected chi connectivity index (χ1v) is 8.59. The first-order chi connectivity index (χ1) is 10.6. The Morgan fingerprint density at radius 3 is 2.64 bits per heavy atom. The molecule has 1 aromatic heterocycles. The summed E-state index contributed by atoms with van der Waals surface area (Å²) in [6.07, 6.45) is 2.45. The molecule has 1 amide bonds. The molecule has 2 N–H and O–H groups in total. The molecule has 0 saturated carbocycles. The van der Waals surface area contributed by atoms with Gasteiger partial charge >= 0.3 is 0 Å². The highest BCUT2D eigenvalue weighted by molar-refractivity contribution is 7.97. The summed E-state index contributed by atoms with van der Waals surface area (Å²) >= 11 is 1.64. The molecule has 4 nitrogen and oxygen atoms in total. The van der Waals surface area contributed by atoms with E-state index in [1.165, 1.54) is 0 Å². The van der Waals surface area contributed by atoms with E-state index < -0.39 is 0 Å². The maximum absolute atomic E-state index is 12.3. The Kier molecular flexibility index (Phi) is 6.10. The lowest BCUT2D eigenvalue weighted by molar-refractivity contribution is 0.0900. The highest BCUT2D eigenvalue weighted by atomic mass is 32.2. The van der Waals surface area contributed by atoms with Gasteiger partial charge in [0.1, 0.15) is 5.76 Å². The molecule has 1 atom stereocenters. The molecule has 5 heteroatoms. The number of carbonyl (C=O) groups excluding carboxylic acids is 1. The van der Waals surface area contributed by atoms with Crippen molar-refractivity contribution in [1.29, 1.82) is 0 Å². The summed E-state index contributed by atoms with van der Waals surface area (Å²) in [7, 11) is 0. The molecule has 0 spiro atoms. The average molecular weight is 319 g/mol. The number of thioether (sulfide) groups is 1. The zero-order valence-corrected chi connectivity index (χ0v) is 13.7. The van der Waals surface area contributed by atoms with Gasteiger partial charge in [-0.2, -0.15) is 11.8 Å². The van der Waals surface area contributed by atoms with Crippen LogP contribution in [0.2, 0.25) is 0 Å². The molecule has 2 aromatic rings. The fourth-order valence-corrected chi connectivity index (χ4v) is 2.64. The van der Waals surface area contributed by atoms with Crippen molar-refractivity contribution in [1.82, 2.24) is 5.32 Å². The van der Waals surface area contributed by atoms with Gasteiger partial charge in [-0.15, -0.1) is 0 Å². The molecule has 1 heterocycles. The number of hydrogen-bond donors (Lipinski definition) is 2. The van der Waals surface area contributed by atoms with E-state index in [-0.39, 0.29) is 18.6 Å². The molecule has 2 rings (SSSR count). The number of aliphatic hydroxyl groups excluding tert-OH is 1. The Bertz CT molecular complexity index is 607. The maximum Gasteiger partial charge on any atom is 0.287 e. The lowest BCUT2D eigenvalue weighted by Crippen LogP contribution is -2.29. The average Bonchev–Trinajstić information content (AvgIpc) is 2.97. The quantitative estimate of drug-likeness (QED) is 0.822. The van der Waals surface area contributed by atoms with Crippen molar-refractivity contribution >= 4 is 17.7 Å². The highest BCUT2D eigenvalue weighted by Gasteiger charge is 2.17. The minimum atomic E-state index is -0.258. The third-order valence-electron chi connectivity index (χ3n) is 3.37. The van der Waals surface area contributed by atoms with E-state index in [0.717, 1.165) is 22.6 Å². The van der Waals surface area contributed by atoms with Crippen molar-refractivity contribution in [2.45, 2.75) is 25.1 Å². The minimum Gasteiger partial charge on any atom is -0.455 e. The van der Waals surface area contributed by atoms with Crippen LogP contribution in [0.25, 0.3) is 0 Å². The lowest BCUT2D eigenvalue weighted by atomic mass is 10.0. The number of rotatable bonds is 7. The standard InChI is InChI=1S/C17H21NO3S/c1-12-3-5-13(6-4-12)15(9-10-19)18-17(20)16-8-7-14(21-16)11-22-2/h3-8,15,19H,9-11H2,1-2H3,(H,18,20)/t15-/m1/s1. The van der Waals surface area contributed by atoms with Crippen molar-refractivity contribution < 1.29 is 14.3 Å². The Balaban J connectivity index is 2.09. The van der Waals surface area contributed by atoms with Crippen LogP contribution in [0, 0.1) is 6.92 Å². The maximum atomic E-state index is 12.3. The molecular weight excluding hydrogens is 298 g/mol. The van der Waals surface area contributed by atoms with Crippen molar-refractivity contribution in [3.05, 3.63) is 59.0 Å². The van der Waals surface area contributed by atoms with E-state index in [1.807, 2.05) is 43.5 Å². The van der Waals surface area contributed by atoms with Crippen molar-refractivity contribution in [3.8, 4) is 0 Å². The van der Waals surface area contributed by atoms with Crippen LogP contribution in [0.3, 0.4) is 0 Å². The van der Waals surface area contributed by atoms with Gasteiger partial charge in [-0.1, -0.05) is 29.8 Å². The van der Waals surface area contributed by atoms with E-state index in [0.29, 0.717) is 12.2 Å². The summed E-state index contributed by atoms with van der Waals surface area (Å²) in [5.74, 6) is 1.57. The predicted octanol–water partition coefficient (Wildman–Crippen LogP) is 3.30. The van der Waals surface area contributed by atoms with Crippen LogP contribution in [0.15, 0.2) is 40.8 Å². The van der Waals surface area contributed by atoms with E-state index >= 15 is 0 Å². The minimum absolute atomic E-state index is 0.00863. The Morgan fingerprint density at radius 2 is 2.00 bits per heavy atom. The molecule has 22 heavy (non-hydrogen) atoms. The van der Waals surface area contributed by atoms with Crippen LogP contribution in [0.1, 0.15) is 39.9 Å². The van der Waals surface area contributed by atoms with Crippen molar-refractivity contribution in [2.75, 3.05) is 12.9 Å². The first-order valence-electron chi connectivity index (χ1n) is 7.20. The molecule has 0 aliphatic rings. The second-order valence-corrected chi connectivity index (χ2v) is 6.01. The second-order valence-electron chi connectivity index (χ2n) is 5.15. The van der Waals surface area contributed by atoms with Gasteiger partial charge in [0.25, 0.3) is 5.91 Å². The molecule has 118 valence electrons. The van der Waals surface area contributed by atoms with Gasteiger partial charge in [-0.05, 0) is 37.3 Å². The first kappa shape index (κ1) is 16.6. The Hall–Kier alpha value is -1.72. The van der Waals surface area contributed by atoms with Crippen molar-refractivity contribution in [3.63, 3.8) is 0 Å². The fraction of sp³-hybridized carbons (Fsp3) is 0.353. The Labute approximate surface area is 134 Å². The van der Waals surface area contributed by atoms with Crippen LogP contribution in [0.5, 0.6) is 0 Å². The van der Waals surface area contributed by atoms with E-state index in [9.17, 15) is 9.90 Å². The molecule has 0 saturated heterocycles. The number of aryl methyl sites for hydroxylation is 1. The number of carbonyl (C=O) groups is 1. The van der Waals surface area contributed by atoms with Gasteiger partial charge in [0.2, 0.25) is 0 Å². The molecule has 0 aliphatic heterocycles. The zero-order valence-electron chi connectivity index (χ0n) is 12.8. The summed E-state index contributed by atoms with van der Waals surface area (Å²) in [5, 5.41) is 12.2. The topological polar surface area (TPSA) is 62.5 Å². The SMILES string of the molecule is CSCc1ccc(C(=O)N[C@H](CCO)c2ccc(C)cc2)o1. The van der Waals surface area contributed by atoms with E-state index in [1.54, 1.807) is 17.8 Å². The predicted molar refractivity (Wildman–Crippen MR) is 89.0 cm³/mol. The van der Waals surface area contributed by atoms with E-state index in [2.05, 4.69) is 5.32 Å². The Morgan fingerprint density at radius 1 is 1.27 bits per heavy atom. The zero-order chi connectivity index (χ0) is 15.9. The molecule has 0 fully saturated rings. The van der Waals surface area contributed by atoms with Crippen LogP contribution < -0.4 is 5.32 Å². The molecule has 0 bridgehead atoms. The summed E-state index contributed by atoms with van der Waals surface area (Å²) in [5.41, 5.74) is 2.13. The van der Waals surface area contributed by atoms with Gasteiger partial charge in [0.15, 0.2) is 5.76 Å². The summed E-state index contributed by atoms with van der Waals surface area (Å²) < 4.78 is 5.52. The molecule has 1 aromatic carbocycles. The van der Waals surface area contributed by atoms with Crippen LogP contribution >= 0.6 is 11.8 Å². The molecule has 0 unspecified atom stereocenters. The number of benzene rings is 1. The number of nitrogens with one attached hydrogen (secondary N) is 1. The number of furan rings is 1. The number of amides is 1. The number of hydrogen-bond acceptors (Lipinski definition) is 4. The lowest BCUT2D eigenvalue weighted by Gasteiger charge is -2.17. The van der Waals surface area contributed by atoms with Gasteiger partial charge in [-0.3, -0.25) is 4.79 Å². The molecule has 0 aliphatic carbocycles. The molecule has 0 radical (unpaired) electrons. The third kappa shape index (κ3) is 4.39. The normalized spacial score (nSPS) is 12.1. The summed E-state index contributed by atoms with van der Waals surface area (Å²) in [6, 6.07) is 11.2. The number of aliphatic hydroxyl groups is 1. The third-order valence-corrected chi connectivity index (χ3v) is 3.95. The molecular formula is C17H21NO3S. The van der Waals surface area contributed by atoms with Crippen LogP contribution in [-0.4, -0.2) is 23.9 Å². The largest absolute Gasteiger partial charge is 0.455 e. The van der Waals surface area contributed by atoms with Crippen LogP contribution in [-0.2, 0) is 5.75 Å². The van der Waals surface area contributed by atoms with Gasteiger partial charge < -0.3 is 14.8 Å². The van der Waals surface area contributed by atoms with E-state index in [4.69, 9.17) is 4.42 Å². The smallest absolute Gasteiger partial charge is 0.287 e. The fourth-order valence-electron chi connectivity index (χ4n) is 2.20. The van der Waals surface area contributed by atoms with Crippen LogP contribution in [0.4, 0.5) is 0 Å². The summed E-state index contributed by atoms with van der Waals surface area (Å²) in [6.45, 7) is 2.02. The van der Waals surface area contributed by atoms with Gasteiger partial charge in [0, 0.05) is 6.61 Å². The monoisotopic (exact) mass is 319 g/mol.